The zero-order valence-corrected chi connectivity index (χ0v) is 17.3. The lowest BCUT2D eigenvalue weighted by Crippen LogP contribution is -2.68. The molecule has 0 bridgehead atoms. The van der Waals surface area contributed by atoms with Crippen molar-refractivity contribution in [3.63, 3.8) is 0 Å². The van der Waals surface area contributed by atoms with E-state index in [1.54, 1.807) is 0 Å². The Balaban J connectivity index is 1.92. The Kier molecular flexibility index (Phi) is 5.17. The summed E-state index contributed by atoms with van der Waals surface area (Å²) in [7, 11) is 1.32. The molecule has 0 aliphatic carbocycles. The van der Waals surface area contributed by atoms with Gasteiger partial charge >= 0.3 is 8.32 Å². The normalized spacial score (nSPS) is 14.3. The van der Waals surface area contributed by atoms with Gasteiger partial charge in [0.15, 0.2) is 0 Å². The van der Waals surface area contributed by atoms with Gasteiger partial charge in [-0.1, -0.05) is 96.2 Å². The third-order valence-electron chi connectivity index (χ3n) is 5.26. The Morgan fingerprint density at radius 3 is 1.36 bits per heavy atom. The molecule has 0 N–H and O–H groups in total. The van der Waals surface area contributed by atoms with E-state index in [0.717, 1.165) is 19.0 Å². The number of oxime groups is 1. The van der Waals surface area contributed by atoms with E-state index in [1.807, 2.05) is 18.2 Å². The minimum absolute atomic E-state index is 0.875. The highest BCUT2D eigenvalue weighted by Gasteiger charge is 2.45. The molecular weight excluding hydrogens is 362 g/mol. The van der Waals surface area contributed by atoms with Gasteiger partial charge in [0, 0.05) is 27.2 Å². The SMILES string of the molecule is CN1CCN(C)C1=NO[Si](c1ccccc1)(c1ccccc1)c1ccccc1. The molecule has 1 saturated heterocycles. The van der Waals surface area contributed by atoms with Gasteiger partial charge in [-0.2, -0.15) is 0 Å². The van der Waals surface area contributed by atoms with Crippen LogP contribution in [0.25, 0.3) is 0 Å². The summed E-state index contributed by atoms with van der Waals surface area (Å²) < 4.78 is 6.66. The summed E-state index contributed by atoms with van der Waals surface area (Å²) >= 11 is 0. The first-order valence-electron chi connectivity index (χ1n) is 9.57. The highest BCUT2D eigenvalue weighted by Crippen LogP contribution is 2.12. The van der Waals surface area contributed by atoms with E-state index < -0.39 is 8.32 Å². The van der Waals surface area contributed by atoms with E-state index in [-0.39, 0.29) is 0 Å². The van der Waals surface area contributed by atoms with Crippen LogP contribution < -0.4 is 15.6 Å². The standard InChI is InChI=1S/C23H25N3OSi/c1-25-18-19-26(2)23(25)24-27-28(20-12-6-3-7-13-20,21-14-8-4-9-15-21)22-16-10-5-11-17-22/h3-17H,18-19H2,1-2H3. The van der Waals surface area contributed by atoms with Crippen LogP contribution in [0.4, 0.5) is 0 Å². The fourth-order valence-corrected chi connectivity index (χ4v) is 7.24. The first kappa shape index (κ1) is 18.3. The molecule has 0 amide bonds. The van der Waals surface area contributed by atoms with Crippen LogP contribution in [0.5, 0.6) is 0 Å². The second kappa shape index (κ2) is 7.90. The maximum atomic E-state index is 6.66. The van der Waals surface area contributed by atoms with Crippen LogP contribution in [-0.4, -0.2) is 51.3 Å². The Labute approximate surface area is 167 Å². The summed E-state index contributed by atoms with van der Waals surface area (Å²) in [4.78, 5) is 4.28. The van der Waals surface area contributed by atoms with Crippen molar-refractivity contribution in [2.24, 2.45) is 5.16 Å². The van der Waals surface area contributed by atoms with Crippen LogP contribution in [0.1, 0.15) is 0 Å². The fourth-order valence-electron chi connectivity index (χ4n) is 3.72. The number of rotatable bonds is 5. The Bertz CT molecular complexity index is 823. The molecule has 1 heterocycles. The zero-order valence-electron chi connectivity index (χ0n) is 16.3. The fraction of sp³-hybridized carbons (Fsp3) is 0.174. The van der Waals surface area contributed by atoms with Crippen molar-refractivity contribution in [3.8, 4) is 0 Å². The molecule has 0 saturated carbocycles. The molecule has 0 aromatic heterocycles. The monoisotopic (exact) mass is 387 g/mol. The van der Waals surface area contributed by atoms with Gasteiger partial charge in [0.25, 0.3) is 0 Å². The smallest absolute Gasteiger partial charge is 0.380 e. The molecular formula is C23H25N3OSi. The van der Waals surface area contributed by atoms with Gasteiger partial charge in [-0.3, -0.25) is 0 Å². The van der Waals surface area contributed by atoms with Crippen molar-refractivity contribution in [2.45, 2.75) is 0 Å². The third-order valence-corrected chi connectivity index (χ3v) is 9.06. The number of nitrogens with zero attached hydrogens (tertiary/aromatic N) is 3. The van der Waals surface area contributed by atoms with E-state index >= 15 is 0 Å². The van der Waals surface area contributed by atoms with Crippen LogP contribution in [0, 0.1) is 0 Å². The Morgan fingerprint density at radius 2 is 1.00 bits per heavy atom. The summed E-state index contributed by atoms with van der Waals surface area (Å²) in [5, 5.41) is 8.26. The second-order valence-corrected chi connectivity index (χ2v) is 10.4. The van der Waals surface area contributed by atoms with Crippen LogP contribution >= 0.6 is 0 Å². The van der Waals surface area contributed by atoms with Crippen molar-refractivity contribution in [1.29, 1.82) is 0 Å². The van der Waals surface area contributed by atoms with Gasteiger partial charge in [-0.25, -0.2) is 0 Å². The highest BCUT2D eigenvalue weighted by molar-refractivity contribution is 7.07. The van der Waals surface area contributed by atoms with E-state index in [4.69, 9.17) is 9.68 Å². The summed E-state index contributed by atoms with van der Waals surface area (Å²) in [5.41, 5.74) is 0. The molecule has 0 atom stereocenters. The molecule has 4 rings (SSSR count). The van der Waals surface area contributed by atoms with E-state index in [9.17, 15) is 0 Å². The van der Waals surface area contributed by atoms with E-state index in [1.165, 1.54) is 15.6 Å². The zero-order chi connectivity index (χ0) is 19.4. The lowest BCUT2D eigenvalue weighted by atomic mass is 10.3. The van der Waals surface area contributed by atoms with E-state index in [2.05, 4.69) is 96.7 Å². The van der Waals surface area contributed by atoms with Gasteiger partial charge in [0.2, 0.25) is 5.96 Å². The molecule has 1 aliphatic rings. The molecule has 4 nitrogen and oxygen atoms in total. The van der Waals surface area contributed by atoms with Gasteiger partial charge in [-0.15, -0.1) is 0 Å². The number of hydrogen-bond acceptors (Lipinski definition) is 2. The molecule has 3 aromatic rings. The van der Waals surface area contributed by atoms with Crippen molar-refractivity contribution < 1.29 is 4.53 Å². The summed E-state index contributed by atoms with van der Waals surface area (Å²) in [6.07, 6.45) is 0. The van der Waals surface area contributed by atoms with Crippen molar-refractivity contribution in [1.82, 2.24) is 9.80 Å². The Hall–Kier alpha value is -3.05. The van der Waals surface area contributed by atoms with Gasteiger partial charge in [-0.05, 0) is 15.6 Å². The average Bonchev–Trinajstić information content (AvgIpc) is 3.08. The largest absolute Gasteiger partial charge is 0.435 e. The third kappa shape index (κ3) is 3.29. The maximum absolute atomic E-state index is 6.66. The number of benzene rings is 3. The molecule has 0 radical (unpaired) electrons. The molecule has 3 aromatic carbocycles. The van der Waals surface area contributed by atoms with Crippen LogP contribution in [0.3, 0.4) is 0 Å². The minimum Gasteiger partial charge on any atom is -0.435 e. The average molecular weight is 388 g/mol. The molecule has 0 unspecified atom stereocenters. The van der Waals surface area contributed by atoms with Crippen LogP contribution in [0.2, 0.25) is 0 Å². The lowest BCUT2D eigenvalue weighted by molar-refractivity contribution is 0.329. The first-order chi connectivity index (χ1) is 13.7. The predicted molar refractivity (Wildman–Crippen MR) is 118 cm³/mol. The van der Waals surface area contributed by atoms with Gasteiger partial charge < -0.3 is 14.3 Å². The number of likely N-dealkylation sites (N-methyl/N-ethyl adjacent to an activating group) is 2. The molecule has 1 fully saturated rings. The summed E-state index contributed by atoms with van der Waals surface area (Å²) in [6, 6.07) is 31.6. The molecule has 5 heteroatoms. The number of hydrogen-bond donors (Lipinski definition) is 0. The van der Waals surface area contributed by atoms with Gasteiger partial charge in [0.1, 0.15) is 0 Å². The number of guanidine groups is 1. The molecule has 0 spiro atoms. The predicted octanol–water partition coefficient (Wildman–Crippen LogP) is 1.82. The van der Waals surface area contributed by atoms with Crippen molar-refractivity contribution in [2.75, 3.05) is 27.2 Å². The summed E-state index contributed by atoms with van der Waals surface area (Å²) in [6.45, 7) is 1.91. The highest BCUT2D eigenvalue weighted by atomic mass is 28.4. The van der Waals surface area contributed by atoms with E-state index in [0.29, 0.717) is 0 Å². The van der Waals surface area contributed by atoms with Crippen molar-refractivity contribution in [3.05, 3.63) is 91.0 Å². The lowest BCUT2D eigenvalue weighted by Gasteiger charge is -2.30. The second-order valence-electron chi connectivity index (χ2n) is 7.10. The van der Waals surface area contributed by atoms with Crippen LogP contribution in [0.15, 0.2) is 96.2 Å². The van der Waals surface area contributed by atoms with Gasteiger partial charge in [0.05, 0.1) is 0 Å². The Morgan fingerprint density at radius 1 is 0.643 bits per heavy atom. The molecule has 142 valence electrons. The molecule has 28 heavy (non-hydrogen) atoms. The topological polar surface area (TPSA) is 28.1 Å². The maximum Gasteiger partial charge on any atom is 0.380 e. The summed E-state index contributed by atoms with van der Waals surface area (Å²) in [5.74, 6) is 0.875. The quantitative estimate of drug-likeness (QED) is 0.380. The van der Waals surface area contributed by atoms with Crippen LogP contribution in [-0.2, 0) is 4.53 Å². The minimum atomic E-state index is -2.79. The molecule has 1 aliphatic heterocycles. The first-order valence-corrected chi connectivity index (χ1v) is 11.5. The van der Waals surface area contributed by atoms with Crippen molar-refractivity contribution >= 4 is 29.8 Å².